The van der Waals surface area contributed by atoms with Crippen LogP contribution in [0.3, 0.4) is 0 Å². The largest absolute Gasteiger partial charge is 0.417 e. The maximum absolute atomic E-state index is 12.9. The van der Waals surface area contributed by atoms with Gasteiger partial charge >= 0.3 is 6.18 Å². The Morgan fingerprint density at radius 1 is 1.12 bits per heavy atom. The van der Waals surface area contributed by atoms with Crippen LogP contribution in [0.1, 0.15) is 59.6 Å². The molecule has 0 bridgehead atoms. The third-order valence-corrected chi connectivity index (χ3v) is 4.88. The van der Waals surface area contributed by atoms with Gasteiger partial charge in [0.25, 0.3) is 5.91 Å². The minimum absolute atomic E-state index is 0.191. The summed E-state index contributed by atoms with van der Waals surface area (Å²) in [6.45, 7) is 5.82. The predicted molar refractivity (Wildman–Crippen MR) is 121 cm³/mol. The molecule has 0 saturated carbocycles. The lowest BCUT2D eigenvalue weighted by atomic mass is 10.0. The van der Waals surface area contributed by atoms with E-state index in [1.165, 1.54) is 6.07 Å². The number of hydrogen-bond acceptors (Lipinski definition) is 5. The number of nitrogens with one attached hydrogen (secondary N) is 2. The summed E-state index contributed by atoms with van der Waals surface area (Å²) in [7, 11) is 0. The van der Waals surface area contributed by atoms with Gasteiger partial charge in [0.05, 0.1) is 22.7 Å². The maximum Gasteiger partial charge on any atom is 0.417 e. The number of carbonyl (C=O) groups excluding carboxylic acids is 1. The summed E-state index contributed by atoms with van der Waals surface area (Å²) in [6, 6.07) is 12.6. The van der Waals surface area contributed by atoms with Gasteiger partial charge in [0, 0.05) is 23.9 Å². The van der Waals surface area contributed by atoms with E-state index in [9.17, 15) is 18.0 Å². The number of pyridine rings is 2. The van der Waals surface area contributed by atoms with Crippen molar-refractivity contribution in [1.29, 1.82) is 5.26 Å². The van der Waals surface area contributed by atoms with Crippen molar-refractivity contribution in [2.75, 3.05) is 5.32 Å². The van der Waals surface area contributed by atoms with E-state index >= 15 is 0 Å². The molecule has 3 heterocycles. The monoisotopic (exact) mass is 466 g/mol. The highest BCUT2D eigenvalue weighted by molar-refractivity contribution is 6.03. The molecule has 0 radical (unpaired) electrons. The third-order valence-electron chi connectivity index (χ3n) is 4.88. The summed E-state index contributed by atoms with van der Waals surface area (Å²) in [5.41, 5.74) is 0.975. The first-order valence-corrected chi connectivity index (χ1v) is 10.4. The van der Waals surface area contributed by atoms with Gasteiger partial charge < -0.3 is 10.3 Å². The normalized spacial score (nSPS) is 11.8. The first kappa shape index (κ1) is 24.4. The van der Waals surface area contributed by atoms with Crippen molar-refractivity contribution >= 4 is 22.9 Å². The van der Waals surface area contributed by atoms with Crippen LogP contribution in [-0.4, -0.2) is 25.8 Å². The van der Waals surface area contributed by atoms with Gasteiger partial charge in [-0.05, 0) is 35.9 Å². The van der Waals surface area contributed by atoms with Gasteiger partial charge in [-0.1, -0.05) is 32.9 Å². The van der Waals surface area contributed by atoms with E-state index < -0.39 is 17.6 Å². The van der Waals surface area contributed by atoms with E-state index in [1.807, 2.05) is 26.8 Å². The lowest BCUT2D eigenvalue weighted by Crippen LogP contribution is -2.13. The Hall–Kier alpha value is -4.26. The number of nitriles is 1. The second-order valence-electron chi connectivity index (χ2n) is 7.06. The Labute approximate surface area is 193 Å². The number of amides is 1. The average molecular weight is 466 g/mol. The van der Waals surface area contributed by atoms with E-state index in [1.54, 1.807) is 36.5 Å². The van der Waals surface area contributed by atoms with Gasteiger partial charge in [-0.25, -0.2) is 15.0 Å². The number of nitrogens with zero attached hydrogens (tertiary/aromatic N) is 4. The van der Waals surface area contributed by atoms with Crippen LogP contribution >= 0.6 is 0 Å². The first-order valence-electron chi connectivity index (χ1n) is 10.4. The number of imidazole rings is 1. The molecule has 0 aliphatic heterocycles. The van der Waals surface area contributed by atoms with Crippen LogP contribution in [0.25, 0.3) is 11.2 Å². The lowest BCUT2D eigenvalue weighted by molar-refractivity contribution is -0.137. The standard InChI is InChI=1S/C22H15F3N6O.C2H6/c1-12(19-29-17-8-16(22(23,24)25)11-28-20(17)31-19)15-5-6-18(27-10-15)30-21(32)14-4-2-3-13(7-14)9-26;1-2/h2-8,10-12H,1H3,(H,27,30,32)(H,28,29,31);1-2H3. The van der Waals surface area contributed by atoms with Crippen molar-refractivity contribution in [3.63, 3.8) is 0 Å². The molecule has 7 nitrogen and oxygen atoms in total. The summed E-state index contributed by atoms with van der Waals surface area (Å²) >= 11 is 0. The minimum atomic E-state index is -4.49. The molecule has 4 aromatic rings. The molecule has 0 aliphatic rings. The molecule has 0 saturated heterocycles. The molecule has 10 heteroatoms. The summed E-state index contributed by atoms with van der Waals surface area (Å²) in [4.78, 5) is 27.5. The molecule has 0 aliphatic carbocycles. The molecule has 1 atom stereocenters. The summed E-state index contributed by atoms with van der Waals surface area (Å²) in [5, 5.41) is 11.6. The van der Waals surface area contributed by atoms with Gasteiger partial charge in [-0.3, -0.25) is 4.79 Å². The van der Waals surface area contributed by atoms with Crippen molar-refractivity contribution < 1.29 is 18.0 Å². The highest BCUT2D eigenvalue weighted by Gasteiger charge is 2.31. The number of alkyl halides is 3. The van der Waals surface area contributed by atoms with E-state index in [4.69, 9.17) is 5.26 Å². The number of carbonyl (C=O) groups is 1. The Morgan fingerprint density at radius 2 is 1.88 bits per heavy atom. The third kappa shape index (κ3) is 5.38. The van der Waals surface area contributed by atoms with Crippen LogP contribution in [0.5, 0.6) is 0 Å². The molecule has 34 heavy (non-hydrogen) atoms. The van der Waals surface area contributed by atoms with E-state index in [2.05, 4.69) is 25.3 Å². The van der Waals surface area contributed by atoms with Crippen molar-refractivity contribution in [3.8, 4) is 6.07 Å². The molecule has 174 valence electrons. The minimum Gasteiger partial charge on any atom is -0.340 e. The highest BCUT2D eigenvalue weighted by atomic mass is 19.4. The Morgan fingerprint density at radius 3 is 2.53 bits per heavy atom. The SMILES string of the molecule is CC.CC(c1ccc(NC(=O)c2cccc(C#N)c2)nc1)c1nc2ncc(C(F)(F)F)cc2[nH]1. The zero-order valence-electron chi connectivity index (χ0n) is 18.6. The quantitative estimate of drug-likeness (QED) is 0.403. The number of aromatic amines is 1. The Bertz CT molecular complexity index is 1340. The number of benzene rings is 1. The molecule has 1 aromatic carbocycles. The Balaban J connectivity index is 0.00000158. The smallest absolute Gasteiger partial charge is 0.340 e. The maximum atomic E-state index is 12.9. The molecule has 3 aromatic heterocycles. The predicted octanol–water partition coefficient (Wildman–Crippen LogP) is 5.67. The molecule has 0 spiro atoms. The van der Waals surface area contributed by atoms with Crippen molar-refractivity contribution in [2.45, 2.75) is 32.9 Å². The average Bonchev–Trinajstić information content (AvgIpc) is 3.28. The zero-order chi connectivity index (χ0) is 24.9. The van der Waals surface area contributed by atoms with E-state index in [0.29, 0.717) is 22.8 Å². The van der Waals surface area contributed by atoms with Crippen molar-refractivity contribution in [1.82, 2.24) is 19.9 Å². The molecular formula is C24H21F3N6O. The molecule has 0 fully saturated rings. The van der Waals surface area contributed by atoms with E-state index in [-0.39, 0.29) is 17.1 Å². The van der Waals surface area contributed by atoms with Crippen LogP contribution in [0, 0.1) is 11.3 Å². The summed E-state index contributed by atoms with van der Waals surface area (Å²) in [5.74, 6) is 0.0513. The fourth-order valence-electron chi connectivity index (χ4n) is 3.09. The summed E-state index contributed by atoms with van der Waals surface area (Å²) in [6.07, 6.45) is -2.19. The van der Waals surface area contributed by atoms with Crippen LogP contribution in [0.4, 0.5) is 19.0 Å². The number of H-pyrrole nitrogens is 1. The van der Waals surface area contributed by atoms with Crippen molar-refractivity contribution in [2.24, 2.45) is 0 Å². The first-order chi connectivity index (χ1) is 16.2. The molecule has 1 unspecified atom stereocenters. The number of halogens is 3. The van der Waals surface area contributed by atoms with Crippen molar-refractivity contribution in [3.05, 3.63) is 82.9 Å². The number of fused-ring (bicyclic) bond motifs is 1. The number of rotatable bonds is 4. The second-order valence-corrected chi connectivity index (χ2v) is 7.06. The molecular weight excluding hydrogens is 445 g/mol. The molecule has 4 rings (SSSR count). The van der Waals surface area contributed by atoms with Gasteiger partial charge in [0.2, 0.25) is 0 Å². The fraction of sp³-hybridized carbons (Fsp3) is 0.208. The van der Waals surface area contributed by atoms with E-state index in [0.717, 1.165) is 17.8 Å². The lowest BCUT2D eigenvalue weighted by Gasteiger charge is -2.10. The number of aromatic nitrogens is 4. The Kier molecular flexibility index (Phi) is 7.26. The topological polar surface area (TPSA) is 107 Å². The fourth-order valence-corrected chi connectivity index (χ4v) is 3.09. The van der Waals surface area contributed by atoms with Gasteiger partial charge in [0.15, 0.2) is 5.65 Å². The molecule has 1 amide bonds. The summed E-state index contributed by atoms with van der Waals surface area (Å²) < 4.78 is 38.7. The van der Waals surface area contributed by atoms with Crippen LogP contribution in [0.2, 0.25) is 0 Å². The van der Waals surface area contributed by atoms with Crippen LogP contribution in [-0.2, 0) is 6.18 Å². The van der Waals surface area contributed by atoms with Gasteiger partial charge in [-0.2, -0.15) is 18.4 Å². The van der Waals surface area contributed by atoms with Crippen LogP contribution < -0.4 is 5.32 Å². The molecule has 2 N–H and O–H groups in total. The second kappa shape index (κ2) is 10.1. The van der Waals surface area contributed by atoms with Gasteiger partial charge in [0.1, 0.15) is 11.6 Å². The zero-order valence-corrected chi connectivity index (χ0v) is 18.6. The number of hydrogen-bond donors (Lipinski definition) is 2. The van der Waals surface area contributed by atoms with Crippen LogP contribution in [0.15, 0.2) is 54.9 Å². The van der Waals surface area contributed by atoms with Gasteiger partial charge in [-0.15, -0.1) is 0 Å². The number of anilines is 1. The highest BCUT2D eigenvalue weighted by Crippen LogP contribution is 2.31.